The summed E-state index contributed by atoms with van der Waals surface area (Å²) in [5.74, 6) is 0. The highest BCUT2D eigenvalue weighted by atomic mass is 35.5. The number of hydrogen-bond acceptors (Lipinski definition) is 1. The van der Waals surface area contributed by atoms with Gasteiger partial charge in [0.25, 0.3) is 0 Å². The molecular formula is C17H28ClN. The zero-order valence-corrected chi connectivity index (χ0v) is 14.0. The van der Waals surface area contributed by atoms with Crippen LogP contribution in [0.15, 0.2) is 12.1 Å². The third-order valence-electron chi connectivity index (χ3n) is 3.72. The van der Waals surface area contributed by atoms with Crippen LogP contribution in [-0.2, 0) is 6.42 Å². The lowest BCUT2D eigenvalue weighted by atomic mass is 9.85. The van der Waals surface area contributed by atoms with E-state index in [1.165, 1.54) is 16.7 Å². The van der Waals surface area contributed by atoms with Gasteiger partial charge < -0.3 is 5.32 Å². The Labute approximate surface area is 123 Å². The second kappa shape index (κ2) is 6.76. The van der Waals surface area contributed by atoms with Gasteiger partial charge in [-0.05, 0) is 54.9 Å². The monoisotopic (exact) mass is 281 g/mol. The van der Waals surface area contributed by atoms with Gasteiger partial charge in [-0.3, -0.25) is 0 Å². The van der Waals surface area contributed by atoms with Crippen LogP contribution < -0.4 is 5.32 Å². The molecule has 2 heteroatoms. The van der Waals surface area contributed by atoms with Crippen LogP contribution in [0.3, 0.4) is 0 Å². The molecule has 0 aliphatic heterocycles. The van der Waals surface area contributed by atoms with Gasteiger partial charge in [-0.2, -0.15) is 0 Å². The highest BCUT2D eigenvalue weighted by Gasteiger charge is 2.18. The van der Waals surface area contributed by atoms with Crippen LogP contribution in [-0.4, -0.2) is 12.6 Å². The highest BCUT2D eigenvalue weighted by Crippen LogP contribution is 2.27. The van der Waals surface area contributed by atoms with Crippen LogP contribution in [0.25, 0.3) is 0 Å². The average Bonchev–Trinajstić information content (AvgIpc) is 2.30. The van der Waals surface area contributed by atoms with E-state index in [-0.39, 0.29) is 0 Å². The number of aryl methyl sites for hydroxylation is 3. The van der Waals surface area contributed by atoms with E-state index in [4.69, 9.17) is 11.6 Å². The van der Waals surface area contributed by atoms with Crippen molar-refractivity contribution in [3.8, 4) is 0 Å². The van der Waals surface area contributed by atoms with E-state index in [0.29, 0.717) is 11.5 Å². The molecule has 1 rings (SSSR count). The van der Waals surface area contributed by atoms with Gasteiger partial charge in [0.15, 0.2) is 0 Å². The molecule has 0 unspecified atom stereocenters. The molecule has 0 aliphatic rings. The average molecular weight is 282 g/mol. The van der Waals surface area contributed by atoms with Crippen molar-refractivity contribution < 1.29 is 0 Å². The Hall–Kier alpha value is -0.530. The van der Waals surface area contributed by atoms with Gasteiger partial charge in [-0.15, -0.1) is 0 Å². The second-order valence-electron chi connectivity index (χ2n) is 6.73. The number of halogens is 1. The van der Waals surface area contributed by atoms with Crippen molar-refractivity contribution in [3.05, 3.63) is 33.8 Å². The highest BCUT2D eigenvalue weighted by molar-refractivity contribution is 6.31. The lowest BCUT2D eigenvalue weighted by Gasteiger charge is -2.26. The number of hydrogen-bond donors (Lipinski definition) is 1. The van der Waals surface area contributed by atoms with E-state index in [2.05, 4.69) is 59.0 Å². The van der Waals surface area contributed by atoms with Gasteiger partial charge in [0, 0.05) is 17.6 Å². The van der Waals surface area contributed by atoms with Crippen molar-refractivity contribution in [2.24, 2.45) is 5.41 Å². The summed E-state index contributed by atoms with van der Waals surface area (Å²) in [5, 5.41) is 4.44. The van der Waals surface area contributed by atoms with Gasteiger partial charge in [-0.1, -0.05) is 45.4 Å². The van der Waals surface area contributed by atoms with E-state index in [0.717, 1.165) is 24.4 Å². The molecule has 0 fully saturated rings. The van der Waals surface area contributed by atoms with Crippen LogP contribution in [0.2, 0.25) is 5.02 Å². The Morgan fingerprint density at radius 2 is 1.74 bits per heavy atom. The Morgan fingerprint density at radius 1 is 1.16 bits per heavy atom. The molecule has 1 aromatic carbocycles. The molecule has 1 N–H and O–H groups in total. The van der Waals surface area contributed by atoms with Crippen molar-refractivity contribution in [2.45, 2.75) is 60.4 Å². The third-order valence-corrected chi connectivity index (χ3v) is 4.07. The molecular weight excluding hydrogens is 254 g/mol. The van der Waals surface area contributed by atoms with Crippen LogP contribution >= 0.6 is 11.6 Å². The number of rotatable bonds is 6. The zero-order chi connectivity index (χ0) is 14.6. The minimum Gasteiger partial charge on any atom is -0.314 e. The van der Waals surface area contributed by atoms with Gasteiger partial charge in [-0.25, -0.2) is 0 Å². The first-order valence-corrected chi connectivity index (χ1v) is 7.58. The molecule has 1 nitrogen and oxygen atoms in total. The van der Waals surface area contributed by atoms with E-state index in [1.54, 1.807) is 0 Å². The van der Waals surface area contributed by atoms with Crippen LogP contribution in [0.4, 0.5) is 0 Å². The largest absolute Gasteiger partial charge is 0.314 e. The van der Waals surface area contributed by atoms with Crippen LogP contribution in [0.1, 0.15) is 50.8 Å². The summed E-state index contributed by atoms with van der Waals surface area (Å²) in [6, 6.07) is 4.87. The first-order valence-electron chi connectivity index (χ1n) is 7.20. The van der Waals surface area contributed by atoms with E-state index in [1.807, 2.05) is 0 Å². The number of nitrogens with one attached hydrogen (secondary N) is 1. The van der Waals surface area contributed by atoms with E-state index in [9.17, 15) is 0 Å². The molecule has 19 heavy (non-hydrogen) atoms. The fourth-order valence-corrected chi connectivity index (χ4v) is 2.39. The SMILES string of the molecule is Cc1cc(Cl)c(CCC(C)(C)CNC(C)C)cc1C. The molecule has 0 aliphatic carbocycles. The van der Waals surface area contributed by atoms with Crippen molar-refractivity contribution in [3.63, 3.8) is 0 Å². The summed E-state index contributed by atoms with van der Waals surface area (Å²) < 4.78 is 0. The van der Waals surface area contributed by atoms with Crippen LogP contribution in [0.5, 0.6) is 0 Å². The summed E-state index contributed by atoms with van der Waals surface area (Å²) in [6.07, 6.45) is 2.20. The first-order chi connectivity index (χ1) is 8.71. The summed E-state index contributed by atoms with van der Waals surface area (Å²) in [7, 11) is 0. The Morgan fingerprint density at radius 3 is 2.32 bits per heavy atom. The Bertz CT molecular complexity index is 422. The van der Waals surface area contributed by atoms with Crippen molar-refractivity contribution in [1.82, 2.24) is 5.32 Å². The summed E-state index contributed by atoms with van der Waals surface area (Å²) in [5.41, 5.74) is 4.18. The fraction of sp³-hybridized carbons (Fsp3) is 0.647. The molecule has 0 aromatic heterocycles. The van der Waals surface area contributed by atoms with E-state index < -0.39 is 0 Å². The fourth-order valence-electron chi connectivity index (χ4n) is 2.07. The number of benzene rings is 1. The molecule has 1 aromatic rings. The quantitative estimate of drug-likeness (QED) is 0.781. The lowest BCUT2D eigenvalue weighted by Crippen LogP contribution is -2.34. The molecule has 0 heterocycles. The smallest absolute Gasteiger partial charge is 0.0440 e. The standard InChI is InChI=1S/C17H28ClN/c1-12(2)19-11-17(5,6)8-7-15-9-13(3)14(4)10-16(15)18/h9-10,12,19H,7-8,11H2,1-6H3. The minimum atomic E-state index is 0.298. The summed E-state index contributed by atoms with van der Waals surface area (Å²) in [4.78, 5) is 0. The van der Waals surface area contributed by atoms with Gasteiger partial charge in [0.1, 0.15) is 0 Å². The van der Waals surface area contributed by atoms with Crippen molar-refractivity contribution >= 4 is 11.6 Å². The van der Waals surface area contributed by atoms with Crippen molar-refractivity contribution in [2.75, 3.05) is 6.54 Å². The molecule has 0 spiro atoms. The predicted molar refractivity (Wildman–Crippen MR) is 86.2 cm³/mol. The van der Waals surface area contributed by atoms with E-state index >= 15 is 0 Å². The topological polar surface area (TPSA) is 12.0 Å². The maximum atomic E-state index is 6.34. The maximum absolute atomic E-state index is 6.34. The third kappa shape index (κ3) is 5.54. The Kier molecular flexibility index (Phi) is 5.88. The molecule has 108 valence electrons. The molecule has 0 radical (unpaired) electrons. The normalized spacial score (nSPS) is 12.2. The molecule has 0 amide bonds. The molecule has 0 saturated carbocycles. The predicted octanol–water partition coefficient (Wildman–Crippen LogP) is 4.91. The molecule has 0 bridgehead atoms. The second-order valence-corrected chi connectivity index (χ2v) is 7.13. The van der Waals surface area contributed by atoms with Gasteiger partial charge in [0.05, 0.1) is 0 Å². The minimum absolute atomic E-state index is 0.298. The molecule has 0 atom stereocenters. The van der Waals surface area contributed by atoms with Gasteiger partial charge in [0.2, 0.25) is 0 Å². The van der Waals surface area contributed by atoms with Crippen LogP contribution in [0, 0.1) is 19.3 Å². The first kappa shape index (κ1) is 16.5. The maximum Gasteiger partial charge on any atom is 0.0440 e. The summed E-state index contributed by atoms with van der Waals surface area (Å²) >= 11 is 6.34. The summed E-state index contributed by atoms with van der Waals surface area (Å²) in [6.45, 7) is 14.3. The van der Waals surface area contributed by atoms with Gasteiger partial charge >= 0.3 is 0 Å². The molecule has 0 saturated heterocycles. The Balaban J connectivity index is 2.63. The zero-order valence-electron chi connectivity index (χ0n) is 13.2. The van der Waals surface area contributed by atoms with Crippen molar-refractivity contribution in [1.29, 1.82) is 0 Å². The lowest BCUT2D eigenvalue weighted by molar-refractivity contribution is 0.304.